The largest absolute Gasteiger partial charge is 0.481 e. The van der Waals surface area contributed by atoms with Gasteiger partial charge in [-0.2, -0.15) is 5.10 Å². The van der Waals surface area contributed by atoms with E-state index in [1.54, 1.807) is 35.9 Å². The van der Waals surface area contributed by atoms with E-state index in [0.717, 1.165) is 5.69 Å². The van der Waals surface area contributed by atoms with Crippen molar-refractivity contribution in [1.29, 1.82) is 0 Å². The Labute approximate surface area is 157 Å². The molecule has 0 saturated heterocycles. The molecule has 0 aliphatic heterocycles. The van der Waals surface area contributed by atoms with Crippen molar-refractivity contribution in [2.24, 2.45) is 5.92 Å². The Kier molecular flexibility index (Phi) is 5.36. The second-order valence-corrected chi connectivity index (χ2v) is 8.61. The molecule has 1 saturated carbocycles. The summed E-state index contributed by atoms with van der Waals surface area (Å²) in [6, 6.07) is 6.70. The van der Waals surface area contributed by atoms with Gasteiger partial charge in [0.05, 0.1) is 23.5 Å². The number of carboxylic acids is 1. The van der Waals surface area contributed by atoms with Crippen molar-refractivity contribution in [3.05, 3.63) is 41.2 Å². The highest BCUT2D eigenvalue weighted by atomic mass is 35.5. The van der Waals surface area contributed by atoms with E-state index in [9.17, 15) is 13.2 Å². The summed E-state index contributed by atoms with van der Waals surface area (Å²) in [5.41, 5.74) is 1.22. The molecule has 0 atom stereocenters. The van der Waals surface area contributed by atoms with Crippen LogP contribution in [0, 0.1) is 12.8 Å². The summed E-state index contributed by atoms with van der Waals surface area (Å²) < 4.78 is 29.7. The van der Waals surface area contributed by atoms with Crippen molar-refractivity contribution in [2.75, 3.05) is 0 Å². The van der Waals surface area contributed by atoms with Crippen LogP contribution in [0.3, 0.4) is 0 Å². The standard InChI is InChI=1S/C17H20ClN3O4S/c1-11-16(10-19-21(11)15-8-4-13(18)5-9-15)26(24,25)20-14-6-2-12(3-7-14)17(22)23/h4-5,8-10,12,14,20H,2-3,6-7H2,1H3,(H,22,23). The van der Waals surface area contributed by atoms with Crippen LogP contribution in [0.4, 0.5) is 0 Å². The lowest BCUT2D eigenvalue weighted by Crippen LogP contribution is -2.38. The third-order valence-corrected chi connectivity index (χ3v) is 6.60. The zero-order valence-corrected chi connectivity index (χ0v) is 15.8. The fourth-order valence-corrected chi connectivity index (χ4v) is 4.83. The first-order valence-corrected chi connectivity index (χ1v) is 10.2. The summed E-state index contributed by atoms with van der Waals surface area (Å²) in [5.74, 6) is -1.20. The van der Waals surface area contributed by atoms with Crippen LogP contribution in [-0.4, -0.2) is 35.3 Å². The zero-order valence-electron chi connectivity index (χ0n) is 14.2. The van der Waals surface area contributed by atoms with Gasteiger partial charge in [-0.3, -0.25) is 4.79 Å². The van der Waals surface area contributed by atoms with E-state index in [1.807, 2.05) is 0 Å². The number of hydrogen-bond donors (Lipinski definition) is 2. The molecular weight excluding hydrogens is 378 g/mol. The van der Waals surface area contributed by atoms with E-state index < -0.39 is 16.0 Å². The van der Waals surface area contributed by atoms with Crippen LogP contribution in [0.15, 0.2) is 35.4 Å². The van der Waals surface area contributed by atoms with Crippen LogP contribution in [0.1, 0.15) is 31.4 Å². The number of sulfonamides is 1. The molecule has 0 bridgehead atoms. The van der Waals surface area contributed by atoms with Gasteiger partial charge in [0.2, 0.25) is 10.0 Å². The molecule has 0 spiro atoms. The molecule has 1 aliphatic carbocycles. The maximum atomic E-state index is 12.7. The van der Waals surface area contributed by atoms with Gasteiger partial charge in [0.25, 0.3) is 0 Å². The molecule has 2 N–H and O–H groups in total. The molecule has 1 fully saturated rings. The number of halogens is 1. The highest BCUT2D eigenvalue weighted by molar-refractivity contribution is 7.89. The van der Waals surface area contributed by atoms with Crippen LogP contribution in [-0.2, 0) is 14.8 Å². The lowest BCUT2D eigenvalue weighted by atomic mass is 9.87. The van der Waals surface area contributed by atoms with E-state index in [0.29, 0.717) is 36.4 Å². The molecule has 9 heteroatoms. The van der Waals surface area contributed by atoms with Crippen LogP contribution < -0.4 is 4.72 Å². The topological polar surface area (TPSA) is 101 Å². The number of nitrogens with zero attached hydrogens (tertiary/aromatic N) is 2. The Hall–Kier alpha value is -1.90. The molecule has 3 rings (SSSR count). The lowest BCUT2D eigenvalue weighted by Gasteiger charge is -2.26. The second kappa shape index (κ2) is 7.38. The SMILES string of the molecule is Cc1c(S(=O)(=O)NC2CCC(C(=O)O)CC2)cnn1-c1ccc(Cl)cc1. The van der Waals surface area contributed by atoms with Crippen LogP contribution in [0.25, 0.3) is 5.69 Å². The van der Waals surface area contributed by atoms with E-state index in [4.69, 9.17) is 16.7 Å². The molecule has 0 radical (unpaired) electrons. The van der Waals surface area contributed by atoms with Gasteiger partial charge >= 0.3 is 5.97 Å². The van der Waals surface area contributed by atoms with Gasteiger partial charge in [0.1, 0.15) is 4.90 Å². The Morgan fingerprint density at radius 1 is 1.23 bits per heavy atom. The average molecular weight is 398 g/mol. The predicted molar refractivity (Wildman–Crippen MR) is 97.0 cm³/mol. The van der Waals surface area contributed by atoms with E-state index in [1.165, 1.54) is 6.20 Å². The molecule has 140 valence electrons. The number of hydrogen-bond acceptors (Lipinski definition) is 4. The Morgan fingerprint density at radius 2 is 1.85 bits per heavy atom. The molecule has 26 heavy (non-hydrogen) atoms. The highest BCUT2D eigenvalue weighted by Crippen LogP contribution is 2.26. The fraction of sp³-hybridized carbons (Fsp3) is 0.412. The van der Waals surface area contributed by atoms with E-state index in [2.05, 4.69) is 9.82 Å². The van der Waals surface area contributed by atoms with Gasteiger partial charge < -0.3 is 5.11 Å². The van der Waals surface area contributed by atoms with E-state index >= 15 is 0 Å². The minimum Gasteiger partial charge on any atom is -0.481 e. The van der Waals surface area contributed by atoms with Crippen molar-refractivity contribution in [3.63, 3.8) is 0 Å². The summed E-state index contributed by atoms with van der Waals surface area (Å²) in [6.07, 6.45) is 3.31. The molecule has 0 amide bonds. The Bertz CT molecular complexity index is 901. The molecule has 1 aliphatic rings. The molecule has 1 heterocycles. The summed E-state index contributed by atoms with van der Waals surface area (Å²) in [7, 11) is -3.73. The number of aromatic nitrogens is 2. The third kappa shape index (κ3) is 3.92. The van der Waals surface area contributed by atoms with Gasteiger partial charge in [-0.1, -0.05) is 11.6 Å². The quantitative estimate of drug-likeness (QED) is 0.807. The maximum Gasteiger partial charge on any atom is 0.306 e. The first kappa shape index (κ1) is 18.9. The van der Waals surface area contributed by atoms with Crippen LogP contribution >= 0.6 is 11.6 Å². The van der Waals surface area contributed by atoms with Gasteiger partial charge in [-0.25, -0.2) is 17.8 Å². The number of aliphatic carboxylic acids is 1. The number of rotatable bonds is 5. The zero-order chi connectivity index (χ0) is 18.9. The van der Waals surface area contributed by atoms with Gasteiger partial charge in [-0.15, -0.1) is 0 Å². The van der Waals surface area contributed by atoms with Crippen LogP contribution in [0.5, 0.6) is 0 Å². The number of carboxylic acid groups (broad SMARTS) is 1. The minimum atomic E-state index is -3.73. The van der Waals surface area contributed by atoms with Crippen molar-refractivity contribution >= 4 is 27.6 Å². The monoisotopic (exact) mass is 397 g/mol. The van der Waals surface area contributed by atoms with Gasteiger partial charge in [-0.05, 0) is 56.9 Å². The van der Waals surface area contributed by atoms with Crippen molar-refractivity contribution < 1.29 is 18.3 Å². The third-order valence-electron chi connectivity index (χ3n) is 4.72. The average Bonchev–Trinajstić information content (AvgIpc) is 2.98. The molecule has 1 aromatic heterocycles. The first-order valence-electron chi connectivity index (χ1n) is 8.33. The molecule has 0 unspecified atom stereocenters. The summed E-state index contributed by atoms with van der Waals surface area (Å²) in [6.45, 7) is 1.69. The smallest absolute Gasteiger partial charge is 0.306 e. The summed E-state index contributed by atoms with van der Waals surface area (Å²) in [4.78, 5) is 11.1. The van der Waals surface area contributed by atoms with Crippen molar-refractivity contribution in [2.45, 2.75) is 43.5 Å². The summed E-state index contributed by atoms with van der Waals surface area (Å²) >= 11 is 5.88. The van der Waals surface area contributed by atoms with Crippen molar-refractivity contribution in [3.8, 4) is 5.69 Å². The predicted octanol–water partition coefficient (Wildman–Crippen LogP) is 2.76. The Morgan fingerprint density at radius 3 is 2.42 bits per heavy atom. The van der Waals surface area contributed by atoms with Crippen LogP contribution in [0.2, 0.25) is 5.02 Å². The van der Waals surface area contributed by atoms with Gasteiger partial charge in [0, 0.05) is 11.1 Å². The van der Waals surface area contributed by atoms with Gasteiger partial charge in [0.15, 0.2) is 0 Å². The fourth-order valence-electron chi connectivity index (χ4n) is 3.24. The minimum absolute atomic E-state index is 0.118. The Balaban J connectivity index is 1.76. The molecule has 7 nitrogen and oxygen atoms in total. The second-order valence-electron chi connectivity index (χ2n) is 6.49. The molecular formula is C17H20ClN3O4S. The maximum absolute atomic E-state index is 12.7. The summed E-state index contributed by atoms with van der Waals surface area (Å²) in [5, 5.41) is 13.8. The van der Waals surface area contributed by atoms with Crippen molar-refractivity contribution in [1.82, 2.24) is 14.5 Å². The number of carbonyl (C=O) groups is 1. The molecule has 1 aromatic carbocycles. The number of nitrogens with one attached hydrogen (secondary N) is 1. The normalized spacial score (nSPS) is 20.8. The number of benzene rings is 1. The lowest BCUT2D eigenvalue weighted by molar-refractivity contribution is -0.142. The molecule has 2 aromatic rings. The van der Waals surface area contributed by atoms with E-state index in [-0.39, 0.29) is 16.9 Å². The highest BCUT2D eigenvalue weighted by Gasteiger charge is 2.30. The first-order chi connectivity index (χ1) is 12.3.